The topological polar surface area (TPSA) is 21.3 Å². The lowest BCUT2D eigenvalue weighted by atomic mass is 10.2. The van der Waals surface area contributed by atoms with Gasteiger partial charge in [0.05, 0.1) is 5.02 Å². The van der Waals surface area contributed by atoms with E-state index in [4.69, 9.17) is 16.3 Å². The van der Waals surface area contributed by atoms with Crippen LogP contribution in [0.5, 0.6) is 5.75 Å². The minimum absolute atomic E-state index is 0.126. The van der Waals surface area contributed by atoms with Crippen LogP contribution in [-0.4, -0.2) is 6.54 Å². The number of hydrogen-bond donors (Lipinski definition) is 1. The van der Waals surface area contributed by atoms with Crippen molar-refractivity contribution in [3.63, 3.8) is 0 Å². The van der Waals surface area contributed by atoms with Crippen molar-refractivity contribution in [3.8, 4) is 5.75 Å². The van der Waals surface area contributed by atoms with Crippen molar-refractivity contribution in [2.45, 2.75) is 20.1 Å². The molecule has 0 aromatic heterocycles. The van der Waals surface area contributed by atoms with Crippen LogP contribution in [0.2, 0.25) is 5.02 Å². The van der Waals surface area contributed by atoms with Crippen molar-refractivity contribution in [2.75, 3.05) is 6.54 Å². The van der Waals surface area contributed by atoms with Crippen molar-refractivity contribution in [1.82, 2.24) is 5.32 Å². The highest BCUT2D eigenvalue weighted by Crippen LogP contribution is 2.21. The number of nitrogens with one attached hydrogen (secondary N) is 1. The molecule has 20 heavy (non-hydrogen) atoms. The van der Waals surface area contributed by atoms with Gasteiger partial charge in [-0.25, -0.2) is 4.39 Å². The molecule has 106 valence electrons. The zero-order valence-corrected chi connectivity index (χ0v) is 12.1. The average molecular weight is 294 g/mol. The first-order chi connectivity index (χ1) is 9.70. The minimum atomic E-state index is -0.422. The highest BCUT2D eigenvalue weighted by atomic mass is 35.5. The number of halogens is 2. The van der Waals surface area contributed by atoms with Gasteiger partial charge in [0, 0.05) is 12.1 Å². The number of rotatable bonds is 6. The molecule has 1 N–H and O–H groups in total. The summed E-state index contributed by atoms with van der Waals surface area (Å²) in [6.07, 6.45) is 0. The van der Waals surface area contributed by atoms with Gasteiger partial charge in [-0.05, 0) is 30.3 Å². The summed E-state index contributed by atoms with van der Waals surface area (Å²) in [7, 11) is 0. The Morgan fingerprint density at radius 2 is 2.00 bits per heavy atom. The molecule has 0 bridgehead atoms. The molecular formula is C16H17ClFNO. The van der Waals surface area contributed by atoms with Gasteiger partial charge in [-0.15, -0.1) is 0 Å². The molecule has 0 radical (unpaired) electrons. The Kier molecular flexibility index (Phi) is 5.39. The molecule has 4 heteroatoms. The van der Waals surface area contributed by atoms with Crippen molar-refractivity contribution in [2.24, 2.45) is 0 Å². The third-order valence-electron chi connectivity index (χ3n) is 2.92. The molecule has 0 saturated carbocycles. The Bertz CT molecular complexity index is 574. The predicted octanol–water partition coefficient (Wildman–Crippen LogP) is 4.17. The maximum absolute atomic E-state index is 13.4. The van der Waals surface area contributed by atoms with Gasteiger partial charge < -0.3 is 10.1 Å². The fourth-order valence-corrected chi connectivity index (χ4v) is 1.96. The first-order valence-electron chi connectivity index (χ1n) is 6.56. The molecule has 0 heterocycles. The van der Waals surface area contributed by atoms with Crippen LogP contribution in [0.3, 0.4) is 0 Å². The van der Waals surface area contributed by atoms with E-state index in [0.29, 0.717) is 6.61 Å². The summed E-state index contributed by atoms with van der Waals surface area (Å²) in [4.78, 5) is 0. The summed E-state index contributed by atoms with van der Waals surface area (Å²) in [6.45, 7) is 4.02. The highest BCUT2D eigenvalue weighted by Gasteiger charge is 2.05. The van der Waals surface area contributed by atoms with E-state index in [1.807, 2.05) is 24.3 Å². The van der Waals surface area contributed by atoms with E-state index in [1.165, 1.54) is 6.07 Å². The summed E-state index contributed by atoms with van der Waals surface area (Å²) in [6, 6.07) is 12.5. The standard InChI is InChI=1S/C16H17ClFNO/c1-2-19-10-13-5-3-4-6-16(13)20-11-12-7-8-14(17)15(18)9-12/h3-9,19H,2,10-11H2,1H3. The van der Waals surface area contributed by atoms with E-state index in [-0.39, 0.29) is 5.02 Å². The van der Waals surface area contributed by atoms with Crippen LogP contribution in [0.15, 0.2) is 42.5 Å². The van der Waals surface area contributed by atoms with Crippen LogP contribution in [0, 0.1) is 5.82 Å². The smallest absolute Gasteiger partial charge is 0.142 e. The lowest BCUT2D eigenvalue weighted by molar-refractivity contribution is 0.301. The summed E-state index contributed by atoms with van der Waals surface area (Å²) in [5.74, 6) is 0.387. The van der Waals surface area contributed by atoms with Crippen molar-refractivity contribution in [3.05, 3.63) is 64.4 Å². The van der Waals surface area contributed by atoms with Crippen molar-refractivity contribution < 1.29 is 9.13 Å². The zero-order valence-electron chi connectivity index (χ0n) is 11.3. The van der Waals surface area contributed by atoms with Crippen LogP contribution >= 0.6 is 11.6 Å². The molecule has 0 aliphatic heterocycles. The van der Waals surface area contributed by atoms with Gasteiger partial charge >= 0.3 is 0 Å². The largest absolute Gasteiger partial charge is 0.489 e. The normalized spacial score (nSPS) is 10.6. The van der Waals surface area contributed by atoms with Crippen LogP contribution in [-0.2, 0) is 13.2 Å². The highest BCUT2D eigenvalue weighted by molar-refractivity contribution is 6.30. The van der Waals surface area contributed by atoms with Gasteiger partial charge in [0.2, 0.25) is 0 Å². The Morgan fingerprint density at radius 3 is 2.75 bits per heavy atom. The van der Waals surface area contributed by atoms with E-state index >= 15 is 0 Å². The Labute approximate surface area is 123 Å². The third-order valence-corrected chi connectivity index (χ3v) is 3.22. The molecule has 2 aromatic rings. The molecule has 0 unspecified atom stereocenters. The summed E-state index contributed by atoms with van der Waals surface area (Å²) in [5, 5.41) is 3.39. The number of hydrogen-bond acceptors (Lipinski definition) is 2. The monoisotopic (exact) mass is 293 g/mol. The van der Waals surface area contributed by atoms with Crippen molar-refractivity contribution in [1.29, 1.82) is 0 Å². The number of benzene rings is 2. The molecule has 2 rings (SSSR count). The van der Waals surface area contributed by atoms with Gasteiger partial charge in [0.1, 0.15) is 18.2 Å². The maximum Gasteiger partial charge on any atom is 0.142 e. The Hall–Kier alpha value is -1.58. The van der Waals surface area contributed by atoms with Crippen molar-refractivity contribution >= 4 is 11.6 Å². The molecule has 0 aliphatic rings. The Balaban J connectivity index is 2.04. The first-order valence-corrected chi connectivity index (χ1v) is 6.94. The fraction of sp³-hybridized carbons (Fsp3) is 0.250. The van der Waals surface area contributed by atoms with E-state index in [9.17, 15) is 4.39 Å². The van der Waals surface area contributed by atoms with E-state index in [2.05, 4.69) is 12.2 Å². The van der Waals surface area contributed by atoms with Crippen LogP contribution in [0.1, 0.15) is 18.1 Å². The fourth-order valence-electron chi connectivity index (χ4n) is 1.84. The number of ether oxygens (including phenoxy) is 1. The predicted molar refractivity (Wildman–Crippen MR) is 79.6 cm³/mol. The molecule has 0 spiro atoms. The number of para-hydroxylation sites is 1. The minimum Gasteiger partial charge on any atom is -0.489 e. The average Bonchev–Trinajstić information content (AvgIpc) is 2.47. The SMILES string of the molecule is CCNCc1ccccc1OCc1ccc(Cl)c(F)c1. The molecule has 2 nitrogen and oxygen atoms in total. The molecule has 0 saturated heterocycles. The molecule has 0 amide bonds. The van der Waals surface area contributed by atoms with E-state index in [0.717, 1.165) is 30.0 Å². The van der Waals surface area contributed by atoms with Gasteiger partial charge in [-0.2, -0.15) is 0 Å². The second-order valence-electron chi connectivity index (χ2n) is 4.43. The van der Waals surface area contributed by atoms with Gasteiger partial charge in [-0.1, -0.05) is 42.8 Å². The maximum atomic E-state index is 13.4. The van der Waals surface area contributed by atoms with Crippen LogP contribution < -0.4 is 10.1 Å². The quantitative estimate of drug-likeness (QED) is 0.863. The second kappa shape index (κ2) is 7.27. The van der Waals surface area contributed by atoms with Gasteiger partial charge in [-0.3, -0.25) is 0 Å². The van der Waals surface area contributed by atoms with E-state index < -0.39 is 5.82 Å². The van der Waals surface area contributed by atoms with E-state index in [1.54, 1.807) is 12.1 Å². The second-order valence-corrected chi connectivity index (χ2v) is 4.83. The molecule has 0 fully saturated rings. The lowest BCUT2D eigenvalue weighted by Gasteiger charge is -2.12. The molecular weight excluding hydrogens is 277 g/mol. The first kappa shape index (κ1) is 14.8. The molecule has 0 aliphatic carbocycles. The summed E-state index contributed by atoms with van der Waals surface area (Å²) in [5.41, 5.74) is 1.84. The Morgan fingerprint density at radius 1 is 1.20 bits per heavy atom. The summed E-state index contributed by atoms with van der Waals surface area (Å²) < 4.78 is 19.1. The van der Waals surface area contributed by atoms with Gasteiger partial charge in [0.15, 0.2) is 0 Å². The van der Waals surface area contributed by atoms with Crippen LogP contribution in [0.4, 0.5) is 4.39 Å². The summed E-state index contributed by atoms with van der Waals surface area (Å²) >= 11 is 5.66. The zero-order chi connectivity index (χ0) is 14.4. The molecule has 2 aromatic carbocycles. The van der Waals surface area contributed by atoms with Gasteiger partial charge in [0.25, 0.3) is 0 Å². The van der Waals surface area contributed by atoms with Crippen LogP contribution in [0.25, 0.3) is 0 Å². The lowest BCUT2D eigenvalue weighted by Crippen LogP contribution is -2.12. The molecule has 0 atom stereocenters. The third kappa shape index (κ3) is 3.95.